The average Bonchev–Trinajstić information content (AvgIpc) is 3.24. The Labute approximate surface area is 164 Å². The Balaban J connectivity index is 1.59. The average molecular weight is 379 g/mol. The molecule has 0 bridgehead atoms. The maximum absolute atomic E-state index is 13.3. The number of amides is 1. The van der Waals surface area contributed by atoms with Gasteiger partial charge in [0.05, 0.1) is 5.56 Å². The lowest BCUT2D eigenvalue weighted by atomic mass is 9.85. The van der Waals surface area contributed by atoms with Crippen molar-refractivity contribution in [3.05, 3.63) is 59.7 Å². The van der Waals surface area contributed by atoms with Crippen LogP contribution in [-0.4, -0.2) is 48.2 Å². The Morgan fingerprint density at radius 2 is 1.46 bits per heavy atom. The van der Waals surface area contributed by atoms with Crippen LogP contribution in [0.4, 0.5) is 0 Å². The molecule has 1 atom stereocenters. The maximum atomic E-state index is 13.3. The van der Waals surface area contributed by atoms with Crippen molar-refractivity contribution in [2.24, 2.45) is 11.8 Å². The second kappa shape index (κ2) is 8.15. The molecule has 4 rings (SSSR count). The SMILES string of the molecule is O=C(O)c1ccccc1-c1ccccc1C(=O)N1CCC(C2CCOCC2)C1. The number of benzene rings is 2. The van der Waals surface area contributed by atoms with Gasteiger partial charge in [-0.1, -0.05) is 36.4 Å². The van der Waals surface area contributed by atoms with Gasteiger partial charge in [0.1, 0.15) is 0 Å². The number of rotatable bonds is 4. The van der Waals surface area contributed by atoms with Crippen LogP contribution in [0.1, 0.15) is 40.0 Å². The summed E-state index contributed by atoms with van der Waals surface area (Å²) in [7, 11) is 0. The third kappa shape index (κ3) is 3.67. The summed E-state index contributed by atoms with van der Waals surface area (Å²) in [6.07, 6.45) is 3.19. The number of hydrogen-bond acceptors (Lipinski definition) is 3. The predicted molar refractivity (Wildman–Crippen MR) is 106 cm³/mol. The Bertz CT molecular complexity index is 872. The molecule has 0 radical (unpaired) electrons. The van der Waals surface area contributed by atoms with E-state index in [9.17, 15) is 14.7 Å². The molecular weight excluding hydrogens is 354 g/mol. The van der Waals surface area contributed by atoms with Crippen LogP contribution in [0, 0.1) is 11.8 Å². The number of ether oxygens (including phenoxy) is 1. The molecule has 2 aliphatic heterocycles. The zero-order chi connectivity index (χ0) is 19.5. The smallest absolute Gasteiger partial charge is 0.336 e. The van der Waals surface area contributed by atoms with Gasteiger partial charge in [-0.3, -0.25) is 4.79 Å². The molecule has 2 heterocycles. The van der Waals surface area contributed by atoms with Gasteiger partial charge in [0.25, 0.3) is 5.91 Å². The zero-order valence-electron chi connectivity index (χ0n) is 15.8. The van der Waals surface area contributed by atoms with Gasteiger partial charge in [-0.15, -0.1) is 0 Å². The molecule has 0 aliphatic carbocycles. The van der Waals surface area contributed by atoms with E-state index in [0.717, 1.165) is 45.6 Å². The minimum Gasteiger partial charge on any atom is -0.478 e. The summed E-state index contributed by atoms with van der Waals surface area (Å²) >= 11 is 0. The van der Waals surface area contributed by atoms with Crippen molar-refractivity contribution in [3.8, 4) is 11.1 Å². The van der Waals surface area contributed by atoms with Crippen LogP contribution in [0.2, 0.25) is 0 Å². The largest absolute Gasteiger partial charge is 0.478 e. The first kappa shape index (κ1) is 18.7. The highest BCUT2D eigenvalue weighted by Crippen LogP contribution is 2.33. The van der Waals surface area contributed by atoms with Gasteiger partial charge in [-0.05, 0) is 54.4 Å². The number of carboxylic acid groups (broad SMARTS) is 1. The van der Waals surface area contributed by atoms with E-state index in [4.69, 9.17) is 4.74 Å². The molecule has 146 valence electrons. The summed E-state index contributed by atoms with van der Waals surface area (Å²) in [5.74, 6) is 0.171. The number of carbonyl (C=O) groups excluding carboxylic acids is 1. The third-order valence-corrected chi connectivity index (χ3v) is 6.05. The molecule has 2 aromatic carbocycles. The fraction of sp³-hybridized carbons (Fsp3) is 0.391. The molecule has 1 amide bonds. The van der Waals surface area contributed by atoms with Crippen LogP contribution in [0.5, 0.6) is 0 Å². The Hall–Kier alpha value is -2.66. The van der Waals surface area contributed by atoms with Crippen LogP contribution in [0.25, 0.3) is 11.1 Å². The first-order valence-corrected chi connectivity index (χ1v) is 9.94. The first-order chi connectivity index (χ1) is 13.6. The van der Waals surface area contributed by atoms with Gasteiger partial charge in [0, 0.05) is 31.9 Å². The molecule has 2 fully saturated rings. The first-order valence-electron chi connectivity index (χ1n) is 9.94. The summed E-state index contributed by atoms with van der Waals surface area (Å²) in [5, 5.41) is 9.54. The Morgan fingerprint density at radius 1 is 0.857 bits per heavy atom. The zero-order valence-corrected chi connectivity index (χ0v) is 15.8. The van der Waals surface area contributed by atoms with E-state index in [-0.39, 0.29) is 11.5 Å². The minimum atomic E-state index is -0.987. The normalized spacial score (nSPS) is 20.3. The van der Waals surface area contributed by atoms with E-state index in [1.807, 2.05) is 23.1 Å². The van der Waals surface area contributed by atoms with Crippen molar-refractivity contribution in [3.63, 3.8) is 0 Å². The van der Waals surface area contributed by atoms with Gasteiger partial charge >= 0.3 is 5.97 Å². The summed E-state index contributed by atoms with van der Waals surface area (Å²) in [5.41, 5.74) is 2.05. The molecular formula is C23H25NO4. The number of aromatic carboxylic acids is 1. The van der Waals surface area contributed by atoms with Crippen molar-refractivity contribution in [2.75, 3.05) is 26.3 Å². The van der Waals surface area contributed by atoms with Crippen molar-refractivity contribution >= 4 is 11.9 Å². The molecule has 2 aliphatic rings. The minimum absolute atomic E-state index is 0.00893. The molecule has 5 heteroatoms. The lowest BCUT2D eigenvalue weighted by molar-refractivity contribution is 0.0471. The van der Waals surface area contributed by atoms with Crippen LogP contribution in [0.15, 0.2) is 48.5 Å². The van der Waals surface area contributed by atoms with Crippen molar-refractivity contribution in [1.29, 1.82) is 0 Å². The highest BCUT2D eigenvalue weighted by atomic mass is 16.5. The monoisotopic (exact) mass is 379 g/mol. The summed E-state index contributed by atoms with van der Waals surface area (Å²) in [6, 6.07) is 14.2. The fourth-order valence-corrected chi connectivity index (χ4v) is 4.52. The van der Waals surface area contributed by atoms with E-state index in [1.54, 1.807) is 30.3 Å². The van der Waals surface area contributed by atoms with E-state index in [0.29, 0.717) is 28.5 Å². The fourth-order valence-electron chi connectivity index (χ4n) is 4.52. The van der Waals surface area contributed by atoms with Gasteiger partial charge in [0.15, 0.2) is 0 Å². The highest BCUT2D eigenvalue weighted by molar-refractivity contribution is 6.04. The Kier molecular flexibility index (Phi) is 5.44. The van der Waals surface area contributed by atoms with E-state index >= 15 is 0 Å². The number of hydrogen-bond donors (Lipinski definition) is 1. The van der Waals surface area contributed by atoms with Crippen LogP contribution >= 0.6 is 0 Å². The lowest BCUT2D eigenvalue weighted by Gasteiger charge is -2.27. The summed E-state index contributed by atoms with van der Waals surface area (Å²) < 4.78 is 5.47. The maximum Gasteiger partial charge on any atom is 0.336 e. The Morgan fingerprint density at radius 3 is 2.14 bits per heavy atom. The van der Waals surface area contributed by atoms with Crippen LogP contribution in [-0.2, 0) is 4.74 Å². The van der Waals surface area contributed by atoms with Gasteiger partial charge in [-0.25, -0.2) is 4.79 Å². The van der Waals surface area contributed by atoms with E-state index in [1.165, 1.54) is 0 Å². The van der Waals surface area contributed by atoms with Crippen molar-refractivity contribution < 1.29 is 19.4 Å². The topological polar surface area (TPSA) is 66.8 Å². The molecule has 0 spiro atoms. The van der Waals surface area contributed by atoms with Gasteiger partial charge in [-0.2, -0.15) is 0 Å². The molecule has 1 N–H and O–H groups in total. The van der Waals surface area contributed by atoms with Crippen LogP contribution in [0.3, 0.4) is 0 Å². The second-order valence-corrected chi connectivity index (χ2v) is 7.65. The molecule has 0 saturated carbocycles. The number of likely N-dealkylation sites (tertiary alicyclic amines) is 1. The lowest BCUT2D eigenvalue weighted by Crippen LogP contribution is -2.31. The molecule has 0 aromatic heterocycles. The number of carboxylic acids is 1. The molecule has 2 saturated heterocycles. The summed E-state index contributed by atoms with van der Waals surface area (Å²) in [6.45, 7) is 3.18. The predicted octanol–water partition coefficient (Wildman–Crippen LogP) is 3.94. The summed E-state index contributed by atoms with van der Waals surface area (Å²) in [4.78, 5) is 26.9. The van der Waals surface area contributed by atoms with Crippen LogP contribution < -0.4 is 0 Å². The molecule has 28 heavy (non-hydrogen) atoms. The van der Waals surface area contributed by atoms with Crippen molar-refractivity contribution in [1.82, 2.24) is 4.90 Å². The second-order valence-electron chi connectivity index (χ2n) is 7.65. The standard InChI is InChI=1S/C23H25NO4/c25-22(24-12-9-17(15-24)16-10-13-28-14-11-16)20-7-3-1-5-18(20)19-6-2-4-8-21(19)23(26)27/h1-8,16-17H,9-15H2,(H,26,27). The molecule has 1 unspecified atom stereocenters. The van der Waals surface area contributed by atoms with Gasteiger partial charge in [0.2, 0.25) is 0 Å². The van der Waals surface area contributed by atoms with E-state index < -0.39 is 5.97 Å². The number of carbonyl (C=O) groups is 2. The van der Waals surface area contributed by atoms with E-state index in [2.05, 4.69) is 0 Å². The quantitative estimate of drug-likeness (QED) is 0.874. The highest BCUT2D eigenvalue weighted by Gasteiger charge is 2.33. The molecule has 5 nitrogen and oxygen atoms in total. The van der Waals surface area contributed by atoms with Gasteiger partial charge < -0.3 is 14.7 Å². The molecule has 2 aromatic rings. The number of nitrogens with zero attached hydrogens (tertiary/aromatic N) is 1. The third-order valence-electron chi connectivity index (χ3n) is 6.05. The van der Waals surface area contributed by atoms with Crippen molar-refractivity contribution in [2.45, 2.75) is 19.3 Å².